The number of phenolic OH excluding ortho intramolecular Hbond substituents is 1. The van der Waals surface area contributed by atoms with Crippen molar-refractivity contribution >= 4 is 17.9 Å². The van der Waals surface area contributed by atoms with E-state index in [4.69, 9.17) is 4.74 Å². The van der Waals surface area contributed by atoms with Crippen LogP contribution in [0.1, 0.15) is 84.7 Å². The average molecular weight is 501 g/mol. The van der Waals surface area contributed by atoms with E-state index in [0.717, 1.165) is 32.1 Å². The van der Waals surface area contributed by atoms with Crippen LogP contribution in [0.25, 0.3) is 0 Å². The Morgan fingerprint density at radius 1 is 1.14 bits per heavy atom. The summed E-state index contributed by atoms with van der Waals surface area (Å²) < 4.78 is 5.35. The number of carbonyl (C=O) groups is 3. The Hall–Kier alpha value is -3.28. The van der Waals surface area contributed by atoms with Crippen molar-refractivity contribution in [2.24, 2.45) is 5.92 Å². The Morgan fingerprint density at radius 3 is 2.28 bits per heavy atom. The van der Waals surface area contributed by atoms with Crippen molar-refractivity contribution in [2.45, 2.75) is 96.9 Å². The Balaban J connectivity index is 2.41. The molecule has 1 saturated carbocycles. The quantitative estimate of drug-likeness (QED) is 0.436. The van der Waals surface area contributed by atoms with Gasteiger partial charge in [0.05, 0.1) is 6.07 Å². The van der Waals surface area contributed by atoms with E-state index in [1.165, 1.54) is 17.0 Å². The van der Waals surface area contributed by atoms with Crippen molar-refractivity contribution in [1.82, 2.24) is 15.5 Å². The number of nitriles is 1. The van der Waals surface area contributed by atoms with Crippen LogP contribution in [0.15, 0.2) is 24.3 Å². The fourth-order valence-corrected chi connectivity index (χ4v) is 4.37. The molecule has 198 valence electrons. The molecule has 1 aliphatic carbocycles. The maximum Gasteiger partial charge on any atom is 0.408 e. The van der Waals surface area contributed by atoms with Gasteiger partial charge in [0.2, 0.25) is 11.8 Å². The van der Waals surface area contributed by atoms with Crippen molar-refractivity contribution in [2.75, 3.05) is 6.54 Å². The van der Waals surface area contributed by atoms with E-state index in [9.17, 15) is 24.8 Å². The monoisotopic (exact) mass is 500 g/mol. The minimum atomic E-state index is -1.10. The zero-order chi connectivity index (χ0) is 26.9. The summed E-state index contributed by atoms with van der Waals surface area (Å²) in [5.41, 5.74) is -0.290. The lowest BCUT2D eigenvalue weighted by atomic mass is 9.94. The lowest BCUT2D eigenvalue weighted by Crippen LogP contribution is -2.54. The average Bonchev–Trinajstić information content (AvgIpc) is 2.78. The zero-order valence-corrected chi connectivity index (χ0v) is 22.0. The maximum absolute atomic E-state index is 13.8. The van der Waals surface area contributed by atoms with Crippen LogP contribution < -0.4 is 10.6 Å². The van der Waals surface area contributed by atoms with Gasteiger partial charge in [0.15, 0.2) is 0 Å². The number of nitrogens with one attached hydrogen (secondary N) is 2. The third kappa shape index (κ3) is 9.06. The highest BCUT2D eigenvalue weighted by Crippen LogP contribution is 2.27. The maximum atomic E-state index is 13.8. The summed E-state index contributed by atoms with van der Waals surface area (Å²) >= 11 is 0. The van der Waals surface area contributed by atoms with Gasteiger partial charge in [0, 0.05) is 6.04 Å². The van der Waals surface area contributed by atoms with Gasteiger partial charge in [-0.05, 0) is 63.6 Å². The molecule has 1 aromatic carbocycles. The van der Waals surface area contributed by atoms with Crippen LogP contribution in [0.5, 0.6) is 5.75 Å². The number of aromatic hydroxyl groups is 1. The fourth-order valence-electron chi connectivity index (χ4n) is 4.37. The number of nitrogens with zero attached hydrogens (tertiary/aromatic N) is 2. The highest BCUT2D eigenvalue weighted by Gasteiger charge is 2.37. The molecular weight excluding hydrogens is 460 g/mol. The highest BCUT2D eigenvalue weighted by molar-refractivity contribution is 5.92. The first-order valence-electron chi connectivity index (χ1n) is 12.7. The van der Waals surface area contributed by atoms with Crippen LogP contribution in [-0.4, -0.2) is 52.1 Å². The Bertz CT molecular complexity index is 927. The van der Waals surface area contributed by atoms with E-state index in [1.807, 2.05) is 19.9 Å². The van der Waals surface area contributed by atoms with Crippen molar-refractivity contribution in [3.05, 3.63) is 29.8 Å². The summed E-state index contributed by atoms with van der Waals surface area (Å²) in [6.45, 7) is 8.66. The molecule has 3 N–H and O–H groups in total. The van der Waals surface area contributed by atoms with Crippen molar-refractivity contribution in [3.63, 3.8) is 0 Å². The van der Waals surface area contributed by atoms with Crippen molar-refractivity contribution in [3.8, 4) is 11.8 Å². The van der Waals surface area contributed by atoms with Crippen LogP contribution in [0.3, 0.4) is 0 Å². The van der Waals surface area contributed by atoms with Gasteiger partial charge in [0.25, 0.3) is 0 Å². The molecule has 1 fully saturated rings. The lowest BCUT2D eigenvalue weighted by Gasteiger charge is -2.34. The smallest absolute Gasteiger partial charge is 0.408 e. The van der Waals surface area contributed by atoms with Gasteiger partial charge < -0.3 is 25.4 Å². The van der Waals surface area contributed by atoms with E-state index in [1.54, 1.807) is 32.9 Å². The molecule has 0 aromatic heterocycles. The summed E-state index contributed by atoms with van der Waals surface area (Å²) in [6, 6.07) is 5.92. The molecule has 9 nitrogen and oxygen atoms in total. The number of phenols is 1. The summed E-state index contributed by atoms with van der Waals surface area (Å²) in [6.07, 6.45) is 4.43. The van der Waals surface area contributed by atoms with Gasteiger partial charge >= 0.3 is 6.09 Å². The number of amides is 3. The second kappa shape index (κ2) is 13.1. The molecular formula is C27H40N4O5. The molecule has 0 heterocycles. The Labute approximate surface area is 214 Å². The second-order valence-corrected chi connectivity index (χ2v) is 10.8. The minimum absolute atomic E-state index is 0.00347. The molecule has 2 atom stereocenters. The largest absolute Gasteiger partial charge is 0.508 e. The van der Waals surface area contributed by atoms with Crippen LogP contribution in [0, 0.1) is 17.2 Å². The summed E-state index contributed by atoms with van der Waals surface area (Å²) in [4.78, 5) is 41.1. The van der Waals surface area contributed by atoms with Crippen molar-refractivity contribution < 1.29 is 24.2 Å². The van der Waals surface area contributed by atoms with E-state index in [2.05, 4.69) is 10.6 Å². The number of rotatable bonds is 9. The molecule has 0 radical (unpaired) electrons. The molecule has 2 rings (SSSR count). The number of hydrogen-bond donors (Lipinski definition) is 3. The molecule has 36 heavy (non-hydrogen) atoms. The second-order valence-electron chi connectivity index (χ2n) is 10.8. The van der Waals surface area contributed by atoms with Gasteiger partial charge in [-0.1, -0.05) is 45.2 Å². The van der Waals surface area contributed by atoms with Crippen LogP contribution in [0.4, 0.5) is 4.79 Å². The van der Waals surface area contributed by atoms with Crippen LogP contribution in [0.2, 0.25) is 0 Å². The van der Waals surface area contributed by atoms with Gasteiger partial charge in [-0.2, -0.15) is 5.26 Å². The van der Waals surface area contributed by atoms with Crippen molar-refractivity contribution in [1.29, 1.82) is 5.26 Å². The van der Waals surface area contributed by atoms with E-state index < -0.39 is 35.6 Å². The zero-order valence-electron chi connectivity index (χ0n) is 22.0. The van der Waals surface area contributed by atoms with Gasteiger partial charge in [-0.15, -0.1) is 0 Å². The highest BCUT2D eigenvalue weighted by atomic mass is 16.6. The number of carbonyl (C=O) groups excluding carboxylic acids is 3. The molecule has 0 saturated heterocycles. The molecule has 3 amide bonds. The first kappa shape index (κ1) is 29.0. The van der Waals surface area contributed by atoms with E-state index >= 15 is 0 Å². The third-order valence-electron chi connectivity index (χ3n) is 5.94. The van der Waals surface area contributed by atoms with Gasteiger partial charge in [-0.25, -0.2) is 4.79 Å². The molecule has 0 bridgehead atoms. The number of ether oxygens (including phenoxy) is 1. The fraction of sp³-hybridized carbons (Fsp3) is 0.630. The first-order chi connectivity index (χ1) is 16.9. The topological polar surface area (TPSA) is 132 Å². The van der Waals surface area contributed by atoms with Crippen LogP contribution in [-0.2, 0) is 14.3 Å². The summed E-state index contributed by atoms with van der Waals surface area (Å²) in [5, 5.41) is 25.1. The third-order valence-corrected chi connectivity index (χ3v) is 5.94. The van der Waals surface area contributed by atoms with E-state index in [0.29, 0.717) is 12.0 Å². The SMILES string of the molecule is CC(C)CC(NC(=O)OC(C)(C)C)C(=O)N(CC#N)C(C(=O)NC1CCCCC1)c1ccc(O)cc1. The number of alkyl carbamates (subject to hydrolysis) is 1. The predicted molar refractivity (Wildman–Crippen MR) is 136 cm³/mol. The molecule has 0 aliphatic heterocycles. The standard InChI is InChI=1S/C27H40N4O5/c1-18(2)17-22(30-26(35)36-27(3,4)5)25(34)31(16-15-28)23(19-11-13-21(32)14-12-19)24(33)29-20-9-7-6-8-10-20/h11-14,18,20,22-23,32H,6-10,16-17H2,1-5H3,(H,29,33)(H,30,35). The van der Waals surface area contributed by atoms with Crippen LogP contribution >= 0.6 is 0 Å². The number of hydrogen-bond acceptors (Lipinski definition) is 6. The predicted octanol–water partition coefficient (Wildman–Crippen LogP) is 4.17. The molecule has 0 spiro atoms. The van der Waals surface area contributed by atoms with Gasteiger partial charge in [-0.3, -0.25) is 9.59 Å². The Morgan fingerprint density at radius 2 is 1.75 bits per heavy atom. The normalized spacial score (nSPS) is 15.9. The Kier molecular flexibility index (Phi) is 10.6. The molecule has 9 heteroatoms. The lowest BCUT2D eigenvalue weighted by molar-refractivity contribution is -0.142. The number of benzene rings is 1. The minimum Gasteiger partial charge on any atom is -0.508 e. The molecule has 2 unspecified atom stereocenters. The summed E-state index contributed by atoms with van der Waals surface area (Å²) in [7, 11) is 0. The van der Waals surface area contributed by atoms with Gasteiger partial charge in [0.1, 0.15) is 30.0 Å². The van der Waals surface area contributed by atoms with E-state index in [-0.39, 0.29) is 24.3 Å². The first-order valence-corrected chi connectivity index (χ1v) is 12.7. The molecule has 1 aliphatic rings. The summed E-state index contributed by atoms with van der Waals surface area (Å²) in [5.74, 6) is -0.877. The molecule has 1 aromatic rings.